The summed E-state index contributed by atoms with van der Waals surface area (Å²) in [4.78, 5) is 29.9. The van der Waals surface area contributed by atoms with Crippen molar-refractivity contribution in [3.63, 3.8) is 0 Å². The Morgan fingerprint density at radius 2 is 2.15 bits per heavy atom. The van der Waals surface area contributed by atoms with Crippen LogP contribution in [-0.2, 0) is 4.79 Å². The zero-order valence-corrected chi connectivity index (χ0v) is 15.9. The molecule has 2 aliphatic heterocycles. The fraction of sp³-hybridized carbons (Fsp3) is 0.400. The number of thiazole rings is 1. The van der Waals surface area contributed by atoms with E-state index in [0.717, 1.165) is 30.2 Å². The molecule has 2 aromatic rings. The molecular weight excluding hydrogens is 362 g/mol. The van der Waals surface area contributed by atoms with Crippen molar-refractivity contribution in [2.45, 2.75) is 31.8 Å². The van der Waals surface area contributed by atoms with E-state index in [4.69, 9.17) is 4.74 Å². The minimum absolute atomic E-state index is 0.0602. The van der Waals surface area contributed by atoms with Crippen molar-refractivity contribution in [2.75, 3.05) is 24.6 Å². The first kappa shape index (κ1) is 16.8. The zero-order chi connectivity index (χ0) is 18.5. The van der Waals surface area contributed by atoms with Gasteiger partial charge in [0.05, 0.1) is 22.8 Å². The summed E-state index contributed by atoms with van der Waals surface area (Å²) in [5.74, 6) is 0.975. The quantitative estimate of drug-likeness (QED) is 0.782. The van der Waals surface area contributed by atoms with E-state index in [2.05, 4.69) is 21.3 Å². The van der Waals surface area contributed by atoms with E-state index < -0.39 is 0 Å². The van der Waals surface area contributed by atoms with Gasteiger partial charge >= 0.3 is 0 Å². The zero-order valence-electron chi connectivity index (χ0n) is 15.1. The molecule has 1 saturated heterocycles. The summed E-state index contributed by atoms with van der Waals surface area (Å²) in [7, 11) is 0. The minimum atomic E-state index is -0.188. The van der Waals surface area contributed by atoms with Gasteiger partial charge in [-0.25, -0.2) is 0 Å². The maximum absolute atomic E-state index is 12.4. The van der Waals surface area contributed by atoms with Crippen molar-refractivity contribution in [1.29, 1.82) is 0 Å². The lowest BCUT2D eigenvalue weighted by atomic mass is 10.1. The fourth-order valence-corrected chi connectivity index (χ4v) is 4.73. The van der Waals surface area contributed by atoms with Crippen LogP contribution in [0.25, 0.3) is 11.6 Å². The van der Waals surface area contributed by atoms with Crippen LogP contribution in [0.15, 0.2) is 23.0 Å². The first-order valence-electron chi connectivity index (χ1n) is 9.35. The largest absolute Gasteiger partial charge is 0.490 e. The van der Waals surface area contributed by atoms with Crippen LogP contribution in [0.3, 0.4) is 0 Å². The van der Waals surface area contributed by atoms with Gasteiger partial charge in [-0.1, -0.05) is 6.07 Å². The lowest BCUT2D eigenvalue weighted by Gasteiger charge is -2.31. The summed E-state index contributed by atoms with van der Waals surface area (Å²) in [6, 6.07) is 6.50. The first-order chi connectivity index (χ1) is 13.1. The molecule has 0 radical (unpaired) electrons. The molecule has 2 N–H and O–H groups in total. The highest BCUT2D eigenvalue weighted by atomic mass is 32.1. The van der Waals surface area contributed by atoms with Crippen molar-refractivity contribution in [3.8, 4) is 5.75 Å². The third-order valence-corrected chi connectivity index (χ3v) is 6.46. The van der Waals surface area contributed by atoms with E-state index in [1.807, 2.05) is 25.1 Å². The van der Waals surface area contributed by atoms with Crippen LogP contribution >= 0.6 is 11.3 Å². The summed E-state index contributed by atoms with van der Waals surface area (Å²) in [6.45, 7) is 3.98. The maximum Gasteiger partial charge on any atom is 0.266 e. The number of H-pyrrole nitrogens is 1. The SMILES string of the molecule is CC1NC/C(=c2/[nH]c(=O)/c(=C/c3ccc4c(c3)N(C3CC3)CCO4)s2)C1=O. The van der Waals surface area contributed by atoms with Crippen molar-refractivity contribution in [3.05, 3.63) is 43.3 Å². The molecule has 3 aliphatic rings. The molecular formula is C20H21N3O3S. The highest BCUT2D eigenvalue weighted by Crippen LogP contribution is 2.39. The molecule has 1 saturated carbocycles. The number of rotatable bonds is 2. The van der Waals surface area contributed by atoms with Gasteiger partial charge in [0.25, 0.3) is 5.56 Å². The van der Waals surface area contributed by atoms with Gasteiger partial charge in [0.2, 0.25) is 0 Å². The van der Waals surface area contributed by atoms with E-state index in [1.165, 1.54) is 24.2 Å². The van der Waals surface area contributed by atoms with Crippen molar-refractivity contribution in [2.24, 2.45) is 0 Å². The van der Waals surface area contributed by atoms with E-state index in [9.17, 15) is 9.59 Å². The van der Waals surface area contributed by atoms with Gasteiger partial charge in [0.15, 0.2) is 5.78 Å². The number of hydrogen-bond donors (Lipinski definition) is 2. The number of carbonyl (C=O) groups is 1. The third-order valence-electron chi connectivity index (χ3n) is 5.38. The Labute approximate surface area is 160 Å². The van der Waals surface area contributed by atoms with Gasteiger partial charge < -0.3 is 19.9 Å². The van der Waals surface area contributed by atoms with E-state index >= 15 is 0 Å². The van der Waals surface area contributed by atoms with Crippen molar-refractivity contribution >= 4 is 34.5 Å². The summed E-state index contributed by atoms with van der Waals surface area (Å²) >= 11 is 1.35. The Kier molecular flexibility index (Phi) is 3.94. The average Bonchev–Trinajstić information content (AvgIpc) is 3.38. The summed E-state index contributed by atoms with van der Waals surface area (Å²) in [5.41, 5.74) is 2.60. The minimum Gasteiger partial charge on any atom is -0.490 e. The predicted octanol–water partition coefficient (Wildman–Crippen LogP) is 0.338. The van der Waals surface area contributed by atoms with Crippen LogP contribution in [0.2, 0.25) is 0 Å². The lowest BCUT2D eigenvalue weighted by Crippen LogP contribution is -2.34. The van der Waals surface area contributed by atoms with Crippen LogP contribution in [0.5, 0.6) is 5.75 Å². The van der Waals surface area contributed by atoms with E-state index in [-0.39, 0.29) is 17.4 Å². The highest BCUT2D eigenvalue weighted by molar-refractivity contribution is 7.07. The van der Waals surface area contributed by atoms with E-state index in [1.54, 1.807) is 0 Å². The number of nitrogens with zero attached hydrogens (tertiary/aromatic N) is 1. The van der Waals surface area contributed by atoms with Gasteiger partial charge in [-0.3, -0.25) is 9.59 Å². The Morgan fingerprint density at radius 3 is 2.89 bits per heavy atom. The standard InChI is InChI=1S/C20H21N3O3S/c1-11-18(24)14(10-21-11)20-22-19(25)17(27-20)9-12-2-5-16-15(8-12)23(6-7-26-16)13-3-4-13/h2,5,8-9,11,13,21H,3-4,6-7,10H2,1H3,(H,22,25)/b17-9-,20-14+. The first-order valence-corrected chi connectivity index (χ1v) is 10.2. The molecule has 1 aliphatic carbocycles. The molecule has 6 nitrogen and oxygen atoms in total. The lowest BCUT2D eigenvalue weighted by molar-refractivity contribution is -0.114. The Bertz CT molecular complexity index is 1100. The van der Waals surface area contributed by atoms with Crippen LogP contribution in [0.4, 0.5) is 5.69 Å². The molecule has 1 atom stereocenters. The molecule has 140 valence electrons. The monoisotopic (exact) mass is 383 g/mol. The van der Waals surface area contributed by atoms with Crippen molar-refractivity contribution < 1.29 is 9.53 Å². The second-order valence-electron chi connectivity index (χ2n) is 7.34. The smallest absolute Gasteiger partial charge is 0.266 e. The second-order valence-corrected chi connectivity index (χ2v) is 8.39. The fourth-order valence-electron chi connectivity index (χ4n) is 3.73. The number of ether oxygens (including phenoxy) is 1. The highest BCUT2D eigenvalue weighted by Gasteiger charge is 2.32. The molecule has 7 heteroatoms. The number of hydrogen-bond acceptors (Lipinski definition) is 6. The molecule has 0 amide bonds. The number of nitrogens with one attached hydrogen (secondary N) is 2. The molecule has 0 spiro atoms. The molecule has 1 unspecified atom stereocenters. The molecule has 3 heterocycles. The summed E-state index contributed by atoms with van der Waals surface area (Å²) in [5, 5.41) is 3.12. The van der Waals surface area contributed by atoms with Crippen LogP contribution in [0, 0.1) is 0 Å². The molecule has 0 bridgehead atoms. The Morgan fingerprint density at radius 1 is 1.30 bits per heavy atom. The Hall–Kier alpha value is -2.38. The third kappa shape index (κ3) is 3.00. The number of aromatic nitrogens is 1. The van der Waals surface area contributed by atoms with E-state index in [0.29, 0.717) is 27.4 Å². The van der Waals surface area contributed by atoms with Crippen LogP contribution in [-0.4, -0.2) is 42.5 Å². The van der Waals surface area contributed by atoms with Gasteiger partial charge in [-0.05, 0) is 43.5 Å². The molecule has 1 aromatic carbocycles. The molecule has 27 heavy (non-hydrogen) atoms. The Balaban J connectivity index is 1.56. The predicted molar refractivity (Wildman–Crippen MR) is 106 cm³/mol. The topological polar surface area (TPSA) is 74.4 Å². The van der Waals surface area contributed by atoms with Gasteiger partial charge in [0.1, 0.15) is 17.0 Å². The summed E-state index contributed by atoms with van der Waals surface area (Å²) in [6.07, 6.45) is 4.37. The maximum atomic E-state index is 12.4. The normalized spacial score (nSPS) is 24.9. The molecule has 2 fully saturated rings. The number of anilines is 1. The molecule has 5 rings (SSSR count). The number of fused-ring (bicyclic) bond motifs is 1. The summed E-state index contributed by atoms with van der Waals surface area (Å²) < 4.78 is 7.06. The molecule has 1 aromatic heterocycles. The van der Waals surface area contributed by atoms with Gasteiger partial charge in [-0.2, -0.15) is 0 Å². The number of carbonyl (C=O) groups excluding carboxylic acids is 1. The van der Waals surface area contributed by atoms with Crippen LogP contribution in [0.1, 0.15) is 25.3 Å². The van der Waals surface area contributed by atoms with Gasteiger partial charge in [-0.15, -0.1) is 11.3 Å². The van der Waals surface area contributed by atoms with Gasteiger partial charge in [0, 0.05) is 18.2 Å². The number of aromatic amines is 1. The number of Topliss-reactive ketones (excluding diaryl/α,β-unsaturated/α-hetero) is 1. The second kappa shape index (κ2) is 6.35. The van der Waals surface area contributed by atoms with Crippen LogP contribution < -0.4 is 29.7 Å². The number of benzene rings is 1. The number of ketones is 1. The van der Waals surface area contributed by atoms with Crippen molar-refractivity contribution in [1.82, 2.24) is 10.3 Å². The average molecular weight is 383 g/mol.